The lowest BCUT2D eigenvalue weighted by Gasteiger charge is -2.23. The van der Waals surface area contributed by atoms with Crippen molar-refractivity contribution in [3.63, 3.8) is 0 Å². The molecule has 0 fully saturated rings. The second-order valence-corrected chi connectivity index (χ2v) is 5.81. The fraction of sp³-hybridized carbons (Fsp3) is 0.933. The molecule has 5 nitrogen and oxygen atoms in total. The minimum Gasteiger partial charge on any atom is -0.338 e. The van der Waals surface area contributed by atoms with Crippen LogP contribution in [0.5, 0.6) is 0 Å². The van der Waals surface area contributed by atoms with Crippen LogP contribution in [-0.4, -0.2) is 69.2 Å². The van der Waals surface area contributed by atoms with E-state index >= 15 is 0 Å². The average Bonchev–Trinajstić information content (AvgIpc) is 2.38. The van der Waals surface area contributed by atoms with Crippen molar-refractivity contribution in [2.45, 2.75) is 51.6 Å². The van der Waals surface area contributed by atoms with Gasteiger partial charge in [-0.25, -0.2) is 4.79 Å². The molecule has 0 heterocycles. The van der Waals surface area contributed by atoms with Gasteiger partial charge in [0.2, 0.25) is 0 Å². The Kier molecular flexibility index (Phi) is 10.5. The summed E-state index contributed by atoms with van der Waals surface area (Å²) >= 11 is 0. The smallest absolute Gasteiger partial charge is 0.314 e. The highest BCUT2D eigenvalue weighted by Gasteiger charge is 2.10. The van der Waals surface area contributed by atoms with Crippen molar-refractivity contribution in [3.05, 3.63) is 0 Å². The maximum absolute atomic E-state index is 11.7. The van der Waals surface area contributed by atoms with Crippen LogP contribution in [0, 0.1) is 0 Å². The van der Waals surface area contributed by atoms with Crippen molar-refractivity contribution in [2.24, 2.45) is 0 Å². The van der Waals surface area contributed by atoms with Gasteiger partial charge >= 0.3 is 6.03 Å². The Morgan fingerprint density at radius 3 is 1.45 bits per heavy atom. The molecule has 120 valence electrons. The first-order valence-corrected chi connectivity index (χ1v) is 7.76. The largest absolute Gasteiger partial charge is 0.338 e. The molecule has 0 radical (unpaired) electrons. The monoisotopic (exact) mass is 286 g/mol. The van der Waals surface area contributed by atoms with E-state index in [4.69, 9.17) is 0 Å². The Bertz CT molecular complexity index is 232. The summed E-state index contributed by atoms with van der Waals surface area (Å²) in [5.74, 6) is 0. The number of carbonyl (C=O) groups excluding carboxylic acids is 1. The minimum atomic E-state index is -0.0489. The van der Waals surface area contributed by atoms with Crippen molar-refractivity contribution < 1.29 is 4.79 Å². The third-order valence-electron chi connectivity index (χ3n) is 3.93. The topological polar surface area (TPSA) is 47.6 Å². The maximum atomic E-state index is 11.7. The molecule has 0 aliphatic carbocycles. The van der Waals surface area contributed by atoms with Crippen LogP contribution < -0.4 is 10.6 Å². The van der Waals surface area contributed by atoms with Gasteiger partial charge < -0.3 is 20.4 Å². The summed E-state index contributed by atoms with van der Waals surface area (Å²) in [4.78, 5) is 16.1. The molecule has 20 heavy (non-hydrogen) atoms. The quantitative estimate of drug-likeness (QED) is 0.643. The number of nitrogens with one attached hydrogen (secondary N) is 2. The van der Waals surface area contributed by atoms with Crippen LogP contribution >= 0.6 is 0 Å². The molecule has 0 spiro atoms. The molecule has 0 aliphatic heterocycles. The van der Waals surface area contributed by atoms with Gasteiger partial charge in [0.25, 0.3) is 0 Å². The second kappa shape index (κ2) is 10.9. The Morgan fingerprint density at radius 1 is 0.850 bits per heavy atom. The summed E-state index contributed by atoms with van der Waals surface area (Å²) in [5.41, 5.74) is 0. The van der Waals surface area contributed by atoms with Crippen LogP contribution in [0.2, 0.25) is 0 Å². The second-order valence-electron chi connectivity index (χ2n) is 5.81. The Labute approximate surface area is 125 Å². The van der Waals surface area contributed by atoms with Gasteiger partial charge in [-0.2, -0.15) is 0 Å². The van der Waals surface area contributed by atoms with Gasteiger partial charge in [0.05, 0.1) is 0 Å². The number of hydrogen-bond donors (Lipinski definition) is 2. The van der Waals surface area contributed by atoms with Crippen LogP contribution in [0.25, 0.3) is 0 Å². The van der Waals surface area contributed by atoms with Crippen LogP contribution in [0.15, 0.2) is 0 Å². The van der Waals surface area contributed by atoms with Crippen LogP contribution in [-0.2, 0) is 0 Å². The van der Waals surface area contributed by atoms with Crippen LogP contribution in [0.4, 0.5) is 4.79 Å². The molecule has 2 N–H and O–H groups in total. The molecule has 0 saturated heterocycles. The van der Waals surface area contributed by atoms with E-state index in [2.05, 4.69) is 62.5 Å². The highest BCUT2D eigenvalue weighted by Crippen LogP contribution is 2.03. The molecule has 0 aromatic carbocycles. The number of urea groups is 1. The standard InChI is InChI=1S/C15H34N4O/c1-7-13(18(3)4)9-11-16-15(20)17-12-10-14(8-2)19(5)6/h13-14H,7-12H2,1-6H3,(H2,16,17,20). The first kappa shape index (κ1) is 19.2. The zero-order valence-electron chi connectivity index (χ0n) is 14.2. The van der Waals surface area contributed by atoms with Crippen molar-refractivity contribution >= 4 is 6.03 Å². The molecule has 0 saturated carbocycles. The number of hydrogen-bond acceptors (Lipinski definition) is 3. The summed E-state index contributed by atoms with van der Waals surface area (Å²) in [6.45, 7) is 5.81. The number of nitrogens with zero attached hydrogens (tertiary/aromatic N) is 2. The van der Waals surface area contributed by atoms with E-state index in [1.54, 1.807) is 0 Å². The molecule has 5 heteroatoms. The third kappa shape index (κ3) is 8.38. The van der Waals surface area contributed by atoms with Gasteiger partial charge in [0.15, 0.2) is 0 Å². The zero-order valence-corrected chi connectivity index (χ0v) is 14.2. The molecule has 2 amide bonds. The Hall–Kier alpha value is -0.810. The Morgan fingerprint density at radius 2 is 1.20 bits per heavy atom. The van der Waals surface area contributed by atoms with Crippen molar-refractivity contribution in [2.75, 3.05) is 41.3 Å². The van der Waals surface area contributed by atoms with E-state index in [0.29, 0.717) is 12.1 Å². The normalized spacial score (nSPS) is 14.4. The molecular formula is C15H34N4O. The number of carbonyl (C=O) groups is 1. The van der Waals surface area contributed by atoms with Gasteiger partial charge in [0, 0.05) is 25.2 Å². The van der Waals surface area contributed by atoms with Crippen LogP contribution in [0.1, 0.15) is 39.5 Å². The molecule has 2 unspecified atom stereocenters. The van der Waals surface area contributed by atoms with Crippen molar-refractivity contribution in [1.82, 2.24) is 20.4 Å². The predicted molar refractivity (Wildman–Crippen MR) is 86.2 cm³/mol. The molecule has 2 atom stereocenters. The summed E-state index contributed by atoms with van der Waals surface area (Å²) in [7, 11) is 8.33. The lowest BCUT2D eigenvalue weighted by atomic mass is 10.1. The van der Waals surface area contributed by atoms with Gasteiger partial charge in [0.1, 0.15) is 0 Å². The first-order valence-electron chi connectivity index (χ1n) is 7.76. The van der Waals surface area contributed by atoms with E-state index in [0.717, 1.165) is 38.8 Å². The third-order valence-corrected chi connectivity index (χ3v) is 3.93. The molecular weight excluding hydrogens is 252 g/mol. The fourth-order valence-electron chi connectivity index (χ4n) is 2.42. The van der Waals surface area contributed by atoms with Crippen LogP contribution in [0.3, 0.4) is 0 Å². The summed E-state index contributed by atoms with van der Waals surface area (Å²) in [6.07, 6.45) is 4.20. The zero-order chi connectivity index (χ0) is 15.5. The SMILES string of the molecule is CCC(CCNC(=O)NCCC(CC)N(C)C)N(C)C. The van der Waals surface area contributed by atoms with Crippen molar-refractivity contribution in [3.8, 4) is 0 Å². The van der Waals surface area contributed by atoms with Gasteiger partial charge in [-0.15, -0.1) is 0 Å². The fourth-order valence-corrected chi connectivity index (χ4v) is 2.42. The number of amides is 2. The lowest BCUT2D eigenvalue weighted by molar-refractivity contribution is 0.231. The van der Waals surface area contributed by atoms with Gasteiger partial charge in [-0.1, -0.05) is 13.8 Å². The van der Waals surface area contributed by atoms with E-state index in [1.165, 1.54) is 0 Å². The van der Waals surface area contributed by atoms with Gasteiger partial charge in [-0.05, 0) is 53.9 Å². The van der Waals surface area contributed by atoms with E-state index in [-0.39, 0.29) is 6.03 Å². The highest BCUT2D eigenvalue weighted by atomic mass is 16.2. The Balaban J connectivity index is 3.74. The molecule has 0 rings (SSSR count). The first-order chi connectivity index (χ1) is 9.42. The summed E-state index contributed by atoms with van der Waals surface area (Å²) < 4.78 is 0. The van der Waals surface area contributed by atoms with E-state index in [1.807, 2.05) is 0 Å². The molecule has 0 aromatic rings. The predicted octanol–water partition coefficient (Wildman–Crippen LogP) is 1.75. The molecule has 0 bridgehead atoms. The highest BCUT2D eigenvalue weighted by molar-refractivity contribution is 5.73. The average molecular weight is 286 g/mol. The van der Waals surface area contributed by atoms with E-state index < -0.39 is 0 Å². The van der Waals surface area contributed by atoms with E-state index in [9.17, 15) is 4.79 Å². The lowest BCUT2D eigenvalue weighted by Crippen LogP contribution is -2.40. The minimum absolute atomic E-state index is 0.0489. The number of rotatable bonds is 10. The molecule has 0 aromatic heterocycles. The van der Waals surface area contributed by atoms with Crippen molar-refractivity contribution in [1.29, 1.82) is 0 Å². The maximum Gasteiger partial charge on any atom is 0.314 e. The molecule has 0 aliphatic rings. The summed E-state index contributed by atoms with van der Waals surface area (Å²) in [6, 6.07) is 1.02. The summed E-state index contributed by atoms with van der Waals surface area (Å²) in [5, 5.41) is 5.87. The van der Waals surface area contributed by atoms with Gasteiger partial charge in [-0.3, -0.25) is 0 Å².